The lowest BCUT2D eigenvalue weighted by molar-refractivity contribution is 0.0685. The number of aliphatic hydroxyl groups is 1. The summed E-state index contributed by atoms with van der Waals surface area (Å²) in [4.78, 5) is 2.33. The highest BCUT2D eigenvalue weighted by molar-refractivity contribution is 6.42. The number of likely N-dealkylation sites (tertiary alicyclic amines) is 1. The number of aliphatic hydroxyl groups excluding tert-OH is 1. The molecule has 2 rings (SSSR count). The van der Waals surface area contributed by atoms with Gasteiger partial charge in [0.25, 0.3) is 0 Å². The highest BCUT2D eigenvalue weighted by atomic mass is 35.5. The Hall–Kier alpha value is -0.320. The van der Waals surface area contributed by atoms with Crippen LogP contribution in [-0.4, -0.2) is 42.3 Å². The van der Waals surface area contributed by atoms with E-state index in [9.17, 15) is 5.11 Å². The molecule has 0 amide bonds. The van der Waals surface area contributed by atoms with E-state index in [1.165, 1.54) is 0 Å². The summed E-state index contributed by atoms with van der Waals surface area (Å²) < 4.78 is 0. The predicted octanol–water partition coefficient (Wildman–Crippen LogP) is 3.49. The van der Waals surface area contributed by atoms with E-state index >= 15 is 0 Å². The third-order valence-electron chi connectivity index (χ3n) is 4.02. The lowest BCUT2D eigenvalue weighted by atomic mass is 10.0. The third kappa shape index (κ3) is 4.83. The van der Waals surface area contributed by atoms with Crippen LogP contribution < -0.4 is 5.32 Å². The lowest BCUT2D eigenvalue weighted by Gasteiger charge is -2.31. The van der Waals surface area contributed by atoms with Gasteiger partial charge in [-0.05, 0) is 44.0 Å². The van der Waals surface area contributed by atoms with Crippen LogP contribution in [0.5, 0.6) is 0 Å². The van der Waals surface area contributed by atoms with Crippen molar-refractivity contribution in [2.45, 2.75) is 38.3 Å². The molecule has 1 aliphatic rings. The maximum Gasteiger partial charge on any atom is 0.0667 e. The fraction of sp³-hybridized carbons (Fsp3) is 0.625. The van der Waals surface area contributed by atoms with Gasteiger partial charge in [-0.3, -0.25) is 0 Å². The summed E-state index contributed by atoms with van der Waals surface area (Å²) >= 11 is 12.5. The first-order valence-corrected chi connectivity index (χ1v) is 8.45. The molecule has 5 heteroatoms. The molecule has 0 aliphatic carbocycles. The molecule has 2 atom stereocenters. The molecule has 1 aromatic rings. The van der Waals surface area contributed by atoms with Crippen LogP contribution in [0.1, 0.15) is 37.8 Å². The van der Waals surface area contributed by atoms with Crippen LogP contribution in [0.4, 0.5) is 0 Å². The van der Waals surface area contributed by atoms with Crippen molar-refractivity contribution < 1.29 is 5.11 Å². The maximum absolute atomic E-state index is 9.75. The largest absolute Gasteiger partial charge is 0.392 e. The summed E-state index contributed by atoms with van der Waals surface area (Å²) in [5, 5.41) is 14.5. The van der Waals surface area contributed by atoms with Crippen LogP contribution in [0, 0.1) is 0 Å². The van der Waals surface area contributed by atoms with Gasteiger partial charge in [0.1, 0.15) is 0 Å². The Morgan fingerprint density at radius 1 is 1.43 bits per heavy atom. The Balaban J connectivity index is 2.00. The Kier molecular flexibility index (Phi) is 6.77. The van der Waals surface area contributed by atoms with E-state index in [-0.39, 0.29) is 12.1 Å². The number of benzene rings is 1. The average molecular weight is 331 g/mol. The van der Waals surface area contributed by atoms with Gasteiger partial charge >= 0.3 is 0 Å². The molecule has 1 heterocycles. The highest BCUT2D eigenvalue weighted by Crippen LogP contribution is 2.31. The molecule has 0 bridgehead atoms. The van der Waals surface area contributed by atoms with Gasteiger partial charge in [-0.2, -0.15) is 0 Å². The molecule has 1 saturated heterocycles. The van der Waals surface area contributed by atoms with E-state index in [2.05, 4.69) is 17.1 Å². The van der Waals surface area contributed by atoms with Gasteiger partial charge in [-0.15, -0.1) is 0 Å². The quantitative estimate of drug-likeness (QED) is 0.838. The third-order valence-corrected chi connectivity index (χ3v) is 4.86. The Morgan fingerprint density at radius 3 is 2.95 bits per heavy atom. The molecule has 2 N–H and O–H groups in total. The average Bonchev–Trinajstić information content (AvgIpc) is 2.47. The summed E-state index contributed by atoms with van der Waals surface area (Å²) in [7, 11) is 0. The summed E-state index contributed by atoms with van der Waals surface area (Å²) in [6.07, 6.45) is 2.78. The second-order valence-corrected chi connectivity index (χ2v) is 6.42. The predicted molar refractivity (Wildman–Crippen MR) is 89.2 cm³/mol. The number of nitrogens with zero attached hydrogens (tertiary/aromatic N) is 1. The molecular formula is C16H24Cl2N2O. The summed E-state index contributed by atoms with van der Waals surface area (Å²) in [6, 6.07) is 5.99. The van der Waals surface area contributed by atoms with Gasteiger partial charge in [0.15, 0.2) is 0 Å². The number of hydrogen-bond acceptors (Lipinski definition) is 3. The van der Waals surface area contributed by atoms with E-state index in [4.69, 9.17) is 23.2 Å². The van der Waals surface area contributed by atoms with E-state index in [0.29, 0.717) is 10.0 Å². The van der Waals surface area contributed by atoms with Crippen LogP contribution in [-0.2, 0) is 0 Å². The molecule has 0 radical (unpaired) electrons. The Labute approximate surface area is 137 Å². The fourth-order valence-corrected chi connectivity index (χ4v) is 3.39. The Bertz CT molecular complexity index is 456. The van der Waals surface area contributed by atoms with E-state index in [1.807, 2.05) is 18.2 Å². The molecule has 1 aromatic carbocycles. The second kappa shape index (κ2) is 8.35. The fourth-order valence-electron chi connectivity index (χ4n) is 2.95. The number of rotatable bonds is 6. The highest BCUT2D eigenvalue weighted by Gasteiger charge is 2.20. The summed E-state index contributed by atoms with van der Waals surface area (Å²) in [5.74, 6) is 0. The zero-order valence-corrected chi connectivity index (χ0v) is 14.0. The molecule has 2 unspecified atom stereocenters. The molecule has 0 aromatic heterocycles. The molecule has 1 fully saturated rings. The second-order valence-electron chi connectivity index (χ2n) is 5.64. The molecule has 118 valence electrons. The van der Waals surface area contributed by atoms with Crippen molar-refractivity contribution >= 4 is 23.2 Å². The smallest absolute Gasteiger partial charge is 0.0667 e. The number of nitrogens with one attached hydrogen (secondary N) is 1. The van der Waals surface area contributed by atoms with Gasteiger partial charge in [0.2, 0.25) is 0 Å². The molecule has 21 heavy (non-hydrogen) atoms. The zero-order valence-electron chi connectivity index (χ0n) is 12.5. The van der Waals surface area contributed by atoms with E-state index in [0.717, 1.165) is 51.0 Å². The molecule has 1 aliphatic heterocycles. The summed E-state index contributed by atoms with van der Waals surface area (Å²) in [5.41, 5.74) is 1.06. The van der Waals surface area contributed by atoms with Crippen molar-refractivity contribution in [1.29, 1.82) is 0 Å². The maximum atomic E-state index is 9.75. The monoisotopic (exact) mass is 330 g/mol. The topological polar surface area (TPSA) is 35.5 Å². The SMILES string of the molecule is CCNC(CCN1CCCC(O)C1)c1cccc(Cl)c1Cl. The molecule has 0 spiro atoms. The number of halogens is 2. The van der Waals surface area contributed by atoms with Crippen LogP contribution in [0.15, 0.2) is 18.2 Å². The molecular weight excluding hydrogens is 307 g/mol. The standard InChI is InChI=1S/C16H24Cl2N2O/c1-2-19-15(13-6-3-7-14(17)16(13)18)8-10-20-9-4-5-12(21)11-20/h3,6-7,12,15,19,21H,2,4-5,8-11H2,1H3. The number of β-amino-alcohol motifs (C(OH)–C–C–N with tert-alkyl or cyclic N) is 1. The van der Waals surface area contributed by atoms with E-state index in [1.54, 1.807) is 0 Å². The van der Waals surface area contributed by atoms with Crippen LogP contribution in [0.3, 0.4) is 0 Å². The minimum absolute atomic E-state index is 0.175. The van der Waals surface area contributed by atoms with Gasteiger partial charge < -0.3 is 15.3 Å². The first-order chi connectivity index (χ1) is 10.1. The van der Waals surface area contributed by atoms with Gasteiger partial charge in [-0.25, -0.2) is 0 Å². The van der Waals surface area contributed by atoms with Crippen molar-refractivity contribution in [3.8, 4) is 0 Å². The minimum atomic E-state index is -0.175. The summed E-state index contributed by atoms with van der Waals surface area (Å²) in [6.45, 7) is 5.78. The minimum Gasteiger partial charge on any atom is -0.392 e. The number of hydrogen-bond donors (Lipinski definition) is 2. The molecule has 3 nitrogen and oxygen atoms in total. The van der Waals surface area contributed by atoms with Crippen molar-refractivity contribution in [1.82, 2.24) is 10.2 Å². The van der Waals surface area contributed by atoms with Crippen molar-refractivity contribution in [2.75, 3.05) is 26.2 Å². The number of piperidine rings is 1. The van der Waals surface area contributed by atoms with Crippen LogP contribution in [0.2, 0.25) is 10.0 Å². The van der Waals surface area contributed by atoms with Crippen LogP contribution in [0.25, 0.3) is 0 Å². The van der Waals surface area contributed by atoms with Gasteiger partial charge in [0.05, 0.1) is 16.1 Å². The van der Waals surface area contributed by atoms with Crippen molar-refractivity contribution in [2.24, 2.45) is 0 Å². The van der Waals surface area contributed by atoms with Gasteiger partial charge in [-0.1, -0.05) is 42.3 Å². The normalized spacial score (nSPS) is 21.4. The zero-order chi connectivity index (χ0) is 15.2. The molecule has 0 saturated carbocycles. The first kappa shape index (κ1) is 17.0. The van der Waals surface area contributed by atoms with E-state index < -0.39 is 0 Å². The first-order valence-electron chi connectivity index (χ1n) is 7.69. The van der Waals surface area contributed by atoms with Crippen LogP contribution >= 0.6 is 23.2 Å². The van der Waals surface area contributed by atoms with Gasteiger partial charge in [0, 0.05) is 19.1 Å². The van der Waals surface area contributed by atoms with Crippen molar-refractivity contribution in [3.05, 3.63) is 33.8 Å². The Morgan fingerprint density at radius 2 is 2.24 bits per heavy atom. The van der Waals surface area contributed by atoms with Crippen molar-refractivity contribution in [3.63, 3.8) is 0 Å². The lowest BCUT2D eigenvalue weighted by Crippen LogP contribution is -2.39.